The molecule has 5 nitrogen and oxygen atoms in total. The highest BCUT2D eigenvalue weighted by molar-refractivity contribution is 7.99. The maximum Gasteiger partial charge on any atom is 0.188 e. The Kier molecular flexibility index (Phi) is 4.81. The first-order valence-electron chi connectivity index (χ1n) is 6.33. The van der Waals surface area contributed by atoms with Crippen LogP contribution in [0.1, 0.15) is 17.8 Å². The summed E-state index contributed by atoms with van der Waals surface area (Å²) in [6.45, 7) is 4.70. The van der Waals surface area contributed by atoms with E-state index in [0.29, 0.717) is 5.75 Å². The Hall–Kier alpha value is -0.660. The third-order valence-corrected chi connectivity index (χ3v) is 5.58. The van der Waals surface area contributed by atoms with E-state index in [9.17, 15) is 8.42 Å². The van der Waals surface area contributed by atoms with Gasteiger partial charge in [0, 0.05) is 29.7 Å². The maximum absolute atomic E-state index is 11.3. The normalized spacial score (nSPS) is 21.7. The standard InChI is InChI=1S/C12H19N3O2S2/c1-9-7-10(2)15-12(14-9)18-5-4-13-11-3-6-19(16,17)8-11/h7,11,13H,3-6,8H2,1-2H3. The Bertz CT molecular complexity index is 526. The lowest BCUT2D eigenvalue weighted by Gasteiger charge is -2.09. The van der Waals surface area contributed by atoms with E-state index in [4.69, 9.17) is 0 Å². The largest absolute Gasteiger partial charge is 0.312 e. The molecule has 2 heterocycles. The summed E-state index contributed by atoms with van der Waals surface area (Å²) in [4.78, 5) is 8.71. The average molecular weight is 301 g/mol. The van der Waals surface area contributed by atoms with Crippen molar-refractivity contribution in [2.75, 3.05) is 23.8 Å². The van der Waals surface area contributed by atoms with Gasteiger partial charge in [0.25, 0.3) is 0 Å². The Morgan fingerprint density at radius 1 is 1.37 bits per heavy atom. The minimum atomic E-state index is -2.79. The molecule has 0 radical (unpaired) electrons. The van der Waals surface area contributed by atoms with E-state index in [2.05, 4.69) is 15.3 Å². The average Bonchev–Trinajstić information content (AvgIpc) is 2.63. The van der Waals surface area contributed by atoms with Gasteiger partial charge in [0.1, 0.15) is 0 Å². The quantitative estimate of drug-likeness (QED) is 0.496. The molecule has 0 aromatic carbocycles. The summed E-state index contributed by atoms with van der Waals surface area (Å²) in [6, 6.07) is 2.07. The Morgan fingerprint density at radius 2 is 2.05 bits per heavy atom. The van der Waals surface area contributed by atoms with Crippen molar-refractivity contribution in [1.82, 2.24) is 15.3 Å². The zero-order chi connectivity index (χ0) is 13.9. The van der Waals surface area contributed by atoms with Crippen molar-refractivity contribution in [1.29, 1.82) is 0 Å². The van der Waals surface area contributed by atoms with Gasteiger partial charge in [-0.2, -0.15) is 0 Å². The predicted molar refractivity (Wildman–Crippen MR) is 77.3 cm³/mol. The highest BCUT2D eigenvalue weighted by atomic mass is 32.2. The van der Waals surface area contributed by atoms with E-state index in [1.807, 2.05) is 19.9 Å². The van der Waals surface area contributed by atoms with Gasteiger partial charge in [-0.05, 0) is 26.3 Å². The van der Waals surface area contributed by atoms with Crippen LogP contribution in [0.15, 0.2) is 11.2 Å². The number of sulfone groups is 1. The molecule has 1 aromatic rings. The van der Waals surface area contributed by atoms with Gasteiger partial charge < -0.3 is 5.32 Å². The number of rotatable bonds is 5. The van der Waals surface area contributed by atoms with E-state index in [1.165, 1.54) is 0 Å². The van der Waals surface area contributed by atoms with Crippen LogP contribution in [0.2, 0.25) is 0 Å². The second-order valence-corrected chi connectivity index (χ2v) is 8.13. The molecule has 0 saturated carbocycles. The van der Waals surface area contributed by atoms with Crippen molar-refractivity contribution in [2.45, 2.75) is 31.5 Å². The lowest BCUT2D eigenvalue weighted by molar-refractivity contribution is 0.574. The first-order chi connectivity index (χ1) is 8.94. The second kappa shape index (κ2) is 6.19. The summed E-state index contributed by atoms with van der Waals surface area (Å²) in [5, 5.41) is 4.07. The second-order valence-electron chi connectivity index (χ2n) is 4.84. The molecule has 106 valence electrons. The summed E-state index contributed by atoms with van der Waals surface area (Å²) in [5.74, 6) is 1.44. The molecule has 19 heavy (non-hydrogen) atoms. The summed E-state index contributed by atoms with van der Waals surface area (Å²) < 4.78 is 22.6. The van der Waals surface area contributed by atoms with Gasteiger partial charge in [-0.25, -0.2) is 18.4 Å². The summed E-state index contributed by atoms with van der Waals surface area (Å²) in [6.07, 6.45) is 0.729. The van der Waals surface area contributed by atoms with E-state index in [1.54, 1.807) is 11.8 Å². The van der Waals surface area contributed by atoms with Crippen LogP contribution in [0, 0.1) is 13.8 Å². The summed E-state index contributed by atoms with van der Waals surface area (Å²) in [5.41, 5.74) is 1.95. The number of nitrogens with zero attached hydrogens (tertiary/aromatic N) is 2. The fourth-order valence-corrected chi connectivity index (χ4v) is 4.65. The van der Waals surface area contributed by atoms with Gasteiger partial charge in [-0.15, -0.1) is 0 Å². The number of thioether (sulfide) groups is 1. The van der Waals surface area contributed by atoms with Crippen molar-refractivity contribution in [3.8, 4) is 0 Å². The van der Waals surface area contributed by atoms with Crippen molar-refractivity contribution in [3.05, 3.63) is 17.5 Å². The zero-order valence-electron chi connectivity index (χ0n) is 11.2. The van der Waals surface area contributed by atoms with Crippen molar-refractivity contribution >= 4 is 21.6 Å². The molecule has 1 aromatic heterocycles. The number of aromatic nitrogens is 2. The van der Waals surface area contributed by atoms with Crippen molar-refractivity contribution in [3.63, 3.8) is 0 Å². The van der Waals surface area contributed by atoms with Crippen LogP contribution in [-0.4, -0.2) is 48.2 Å². The van der Waals surface area contributed by atoms with Gasteiger partial charge in [-0.1, -0.05) is 11.8 Å². The Morgan fingerprint density at radius 3 is 2.63 bits per heavy atom. The van der Waals surface area contributed by atoms with Crippen molar-refractivity contribution < 1.29 is 8.42 Å². The SMILES string of the molecule is Cc1cc(C)nc(SCCNC2CCS(=O)(=O)C2)n1. The molecule has 0 amide bonds. The van der Waals surface area contributed by atoms with Crippen LogP contribution in [0.5, 0.6) is 0 Å². The molecule has 1 atom stereocenters. The third kappa shape index (κ3) is 4.74. The molecule has 0 spiro atoms. The molecule has 0 bridgehead atoms. The highest BCUT2D eigenvalue weighted by Crippen LogP contribution is 2.14. The van der Waals surface area contributed by atoms with E-state index in [-0.39, 0.29) is 11.8 Å². The highest BCUT2D eigenvalue weighted by Gasteiger charge is 2.26. The van der Waals surface area contributed by atoms with Crippen LogP contribution >= 0.6 is 11.8 Å². The smallest absolute Gasteiger partial charge is 0.188 e. The molecule has 2 rings (SSSR count). The lowest BCUT2D eigenvalue weighted by atomic mass is 10.3. The number of hydrogen-bond donors (Lipinski definition) is 1. The van der Waals surface area contributed by atoms with Crippen molar-refractivity contribution in [2.24, 2.45) is 0 Å². The number of nitrogens with one attached hydrogen (secondary N) is 1. The Balaban J connectivity index is 1.72. The first kappa shape index (κ1) is 14.7. The molecule has 1 aliphatic heterocycles. The molecular formula is C12H19N3O2S2. The molecule has 7 heteroatoms. The first-order valence-corrected chi connectivity index (χ1v) is 9.14. The summed E-state index contributed by atoms with van der Waals surface area (Å²) >= 11 is 1.60. The molecule has 1 N–H and O–H groups in total. The van der Waals surface area contributed by atoms with Gasteiger partial charge in [0.15, 0.2) is 15.0 Å². The van der Waals surface area contributed by atoms with E-state index < -0.39 is 9.84 Å². The number of hydrogen-bond acceptors (Lipinski definition) is 6. The minimum absolute atomic E-state index is 0.116. The maximum atomic E-state index is 11.3. The molecule has 1 unspecified atom stereocenters. The topological polar surface area (TPSA) is 72.0 Å². The van der Waals surface area contributed by atoms with Gasteiger partial charge in [0.05, 0.1) is 11.5 Å². The summed E-state index contributed by atoms with van der Waals surface area (Å²) in [7, 11) is -2.79. The van der Waals surface area contributed by atoms with Crippen LogP contribution in [0.4, 0.5) is 0 Å². The molecule has 1 saturated heterocycles. The molecule has 1 aliphatic rings. The molecule has 1 fully saturated rings. The monoisotopic (exact) mass is 301 g/mol. The van der Waals surface area contributed by atoms with Gasteiger partial charge in [-0.3, -0.25) is 0 Å². The van der Waals surface area contributed by atoms with Gasteiger partial charge >= 0.3 is 0 Å². The lowest BCUT2D eigenvalue weighted by Crippen LogP contribution is -2.31. The van der Waals surface area contributed by atoms with E-state index >= 15 is 0 Å². The minimum Gasteiger partial charge on any atom is -0.312 e. The van der Waals surface area contributed by atoms with Crippen LogP contribution in [-0.2, 0) is 9.84 Å². The zero-order valence-corrected chi connectivity index (χ0v) is 12.9. The third-order valence-electron chi connectivity index (χ3n) is 2.96. The van der Waals surface area contributed by atoms with Crippen LogP contribution < -0.4 is 5.32 Å². The van der Waals surface area contributed by atoms with E-state index in [0.717, 1.165) is 35.3 Å². The van der Waals surface area contributed by atoms with Crippen LogP contribution in [0.25, 0.3) is 0 Å². The number of aryl methyl sites for hydroxylation is 2. The predicted octanol–water partition coefficient (Wildman–Crippen LogP) is 0.962. The van der Waals surface area contributed by atoms with Gasteiger partial charge in [0.2, 0.25) is 0 Å². The fraction of sp³-hybridized carbons (Fsp3) is 0.667. The fourth-order valence-electron chi connectivity index (χ4n) is 2.12. The molecular weight excluding hydrogens is 282 g/mol. The molecule has 0 aliphatic carbocycles. The van der Waals surface area contributed by atoms with Crippen LogP contribution in [0.3, 0.4) is 0 Å². The Labute approximate surface area is 118 Å².